The van der Waals surface area contributed by atoms with Crippen LogP contribution in [0.1, 0.15) is 27.0 Å². The van der Waals surface area contributed by atoms with Crippen LogP contribution in [0.25, 0.3) is 0 Å². The molecule has 0 bridgehead atoms. The van der Waals surface area contributed by atoms with Crippen molar-refractivity contribution in [1.29, 1.82) is 0 Å². The minimum Gasteiger partial charge on any atom is -0.508 e. The van der Waals surface area contributed by atoms with E-state index in [0.29, 0.717) is 17.1 Å². The number of aromatic hydroxyl groups is 1. The lowest BCUT2D eigenvalue weighted by Gasteiger charge is -2.08. The number of phenolic OH excluding ortho intramolecular Hbond substituents is 1. The highest BCUT2D eigenvalue weighted by Gasteiger charge is 2.09. The molecule has 0 aliphatic carbocycles. The Hall–Kier alpha value is -2.40. The number of aryl methyl sites for hydroxylation is 1. The number of amides is 1. The van der Waals surface area contributed by atoms with Crippen LogP contribution in [0.4, 0.5) is 0 Å². The summed E-state index contributed by atoms with van der Waals surface area (Å²) >= 11 is 4.89. The molecule has 4 N–H and O–H groups in total. The third-order valence-electron chi connectivity index (χ3n) is 3.15. The van der Waals surface area contributed by atoms with Crippen molar-refractivity contribution in [2.24, 2.45) is 5.73 Å². The fraction of sp³-hybridized carbons (Fsp3) is 0.125. The molecule has 5 heteroatoms. The van der Waals surface area contributed by atoms with Gasteiger partial charge in [0.2, 0.25) is 0 Å². The number of hydrogen-bond acceptors (Lipinski definition) is 3. The number of nitrogens with one attached hydrogen (secondary N) is 1. The predicted molar refractivity (Wildman–Crippen MR) is 86.3 cm³/mol. The molecule has 0 heterocycles. The maximum Gasteiger partial charge on any atom is 0.251 e. The van der Waals surface area contributed by atoms with Gasteiger partial charge in [-0.2, -0.15) is 0 Å². The Bertz CT molecular complexity index is 681. The maximum absolute atomic E-state index is 12.1. The average molecular weight is 300 g/mol. The fourth-order valence-corrected chi connectivity index (χ4v) is 2.10. The van der Waals surface area contributed by atoms with Crippen LogP contribution < -0.4 is 11.1 Å². The van der Waals surface area contributed by atoms with Crippen molar-refractivity contribution in [3.63, 3.8) is 0 Å². The summed E-state index contributed by atoms with van der Waals surface area (Å²) in [5.74, 6) is -0.0247. The molecule has 2 aromatic rings. The van der Waals surface area contributed by atoms with Crippen LogP contribution in [-0.2, 0) is 6.54 Å². The molecular weight excluding hydrogens is 284 g/mol. The van der Waals surface area contributed by atoms with E-state index in [1.807, 2.05) is 24.3 Å². The summed E-state index contributed by atoms with van der Waals surface area (Å²) in [6.07, 6.45) is 0. The maximum atomic E-state index is 12.1. The molecule has 0 spiro atoms. The first-order valence-electron chi connectivity index (χ1n) is 6.44. The largest absolute Gasteiger partial charge is 0.508 e. The van der Waals surface area contributed by atoms with E-state index in [2.05, 4.69) is 5.32 Å². The first-order valence-corrected chi connectivity index (χ1v) is 6.85. The molecule has 108 valence electrons. The number of rotatable bonds is 4. The van der Waals surface area contributed by atoms with Gasteiger partial charge in [-0.1, -0.05) is 36.5 Å². The van der Waals surface area contributed by atoms with Crippen molar-refractivity contribution in [3.8, 4) is 5.75 Å². The Balaban J connectivity index is 2.02. The lowest BCUT2D eigenvalue weighted by Crippen LogP contribution is -2.23. The van der Waals surface area contributed by atoms with E-state index >= 15 is 0 Å². The quantitative estimate of drug-likeness (QED) is 0.757. The summed E-state index contributed by atoms with van der Waals surface area (Å²) in [6, 6.07) is 12.1. The molecule has 0 aliphatic heterocycles. The van der Waals surface area contributed by atoms with Crippen molar-refractivity contribution < 1.29 is 9.90 Å². The third kappa shape index (κ3) is 3.79. The second-order valence-corrected chi connectivity index (χ2v) is 5.18. The van der Waals surface area contributed by atoms with Crippen LogP contribution in [0.2, 0.25) is 0 Å². The van der Waals surface area contributed by atoms with Gasteiger partial charge in [-0.15, -0.1) is 0 Å². The summed E-state index contributed by atoms with van der Waals surface area (Å²) in [7, 11) is 0. The van der Waals surface area contributed by atoms with E-state index in [-0.39, 0.29) is 11.7 Å². The molecule has 0 aromatic heterocycles. The zero-order chi connectivity index (χ0) is 15.4. The molecule has 0 aliphatic rings. The predicted octanol–water partition coefficient (Wildman–Crippen LogP) is 2.26. The molecule has 4 nitrogen and oxygen atoms in total. The van der Waals surface area contributed by atoms with Crippen LogP contribution in [0, 0.1) is 6.92 Å². The molecule has 1 amide bonds. The number of benzene rings is 2. The van der Waals surface area contributed by atoms with Gasteiger partial charge in [0.15, 0.2) is 0 Å². The Morgan fingerprint density at radius 2 is 1.90 bits per heavy atom. The summed E-state index contributed by atoms with van der Waals surface area (Å²) in [5, 5.41) is 12.2. The molecule has 0 radical (unpaired) electrons. The Morgan fingerprint density at radius 1 is 1.24 bits per heavy atom. The normalized spacial score (nSPS) is 10.1. The summed E-state index contributed by atoms with van der Waals surface area (Å²) in [4.78, 5) is 12.4. The zero-order valence-electron chi connectivity index (χ0n) is 11.6. The summed E-state index contributed by atoms with van der Waals surface area (Å²) in [5.41, 5.74) is 8.57. The SMILES string of the molecule is Cc1cc(O)ccc1C(=O)NCc1ccc(C(N)=S)cc1. The molecule has 2 rings (SSSR count). The van der Waals surface area contributed by atoms with E-state index < -0.39 is 0 Å². The van der Waals surface area contributed by atoms with Crippen molar-refractivity contribution in [2.75, 3.05) is 0 Å². The van der Waals surface area contributed by atoms with Crippen molar-refractivity contribution in [3.05, 3.63) is 64.7 Å². The second kappa shape index (κ2) is 6.37. The highest BCUT2D eigenvalue weighted by molar-refractivity contribution is 7.80. The molecule has 0 unspecified atom stereocenters. The number of phenols is 1. The van der Waals surface area contributed by atoms with Gasteiger partial charge in [0.05, 0.1) is 0 Å². The van der Waals surface area contributed by atoms with Crippen LogP contribution in [0.15, 0.2) is 42.5 Å². The van der Waals surface area contributed by atoms with Gasteiger partial charge in [-0.25, -0.2) is 0 Å². The van der Waals surface area contributed by atoms with Gasteiger partial charge in [-0.3, -0.25) is 4.79 Å². The standard InChI is InChI=1S/C16H16N2O2S/c1-10-8-13(19)6-7-14(10)16(20)18-9-11-2-4-12(5-3-11)15(17)21/h2-8,19H,9H2,1H3,(H2,17,21)(H,18,20). The number of thiocarbonyl (C=S) groups is 1. The summed E-state index contributed by atoms with van der Waals surface area (Å²) < 4.78 is 0. The monoisotopic (exact) mass is 300 g/mol. The van der Waals surface area contributed by atoms with Gasteiger partial charge >= 0.3 is 0 Å². The van der Waals surface area contributed by atoms with Crippen LogP contribution in [0.3, 0.4) is 0 Å². The molecular formula is C16H16N2O2S. The Kier molecular flexibility index (Phi) is 4.55. The highest BCUT2D eigenvalue weighted by Crippen LogP contribution is 2.15. The van der Waals surface area contributed by atoms with E-state index in [1.54, 1.807) is 19.1 Å². The lowest BCUT2D eigenvalue weighted by molar-refractivity contribution is 0.0950. The van der Waals surface area contributed by atoms with Gasteiger partial charge in [0.1, 0.15) is 10.7 Å². The lowest BCUT2D eigenvalue weighted by atomic mass is 10.1. The minimum absolute atomic E-state index is 0.150. The fourth-order valence-electron chi connectivity index (χ4n) is 1.97. The smallest absolute Gasteiger partial charge is 0.251 e. The first kappa shape index (κ1) is 15.0. The van der Waals surface area contributed by atoms with E-state index in [9.17, 15) is 9.90 Å². The summed E-state index contributed by atoms with van der Waals surface area (Å²) in [6.45, 7) is 2.20. The zero-order valence-corrected chi connectivity index (χ0v) is 12.4. The molecule has 0 fully saturated rings. The topological polar surface area (TPSA) is 75.3 Å². The second-order valence-electron chi connectivity index (χ2n) is 4.74. The Morgan fingerprint density at radius 3 is 2.48 bits per heavy atom. The number of nitrogens with two attached hydrogens (primary N) is 1. The minimum atomic E-state index is -0.175. The van der Waals surface area contributed by atoms with E-state index in [0.717, 1.165) is 16.7 Å². The molecule has 0 saturated carbocycles. The van der Waals surface area contributed by atoms with Crippen LogP contribution in [-0.4, -0.2) is 16.0 Å². The number of carbonyl (C=O) groups excluding carboxylic acids is 1. The van der Waals surface area contributed by atoms with E-state index in [4.69, 9.17) is 18.0 Å². The molecule has 0 saturated heterocycles. The van der Waals surface area contributed by atoms with Crippen molar-refractivity contribution in [2.45, 2.75) is 13.5 Å². The molecule has 21 heavy (non-hydrogen) atoms. The van der Waals surface area contributed by atoms with Gasteiger partial charge in [0.25, 0.3) is 5.91 Å². The average Bonchev–Trinajstić information content (AvgIpc) is 2.45. The molecule has 0 atom stereocenters. The number of hydrogen-bond donors (Lipinski definition) is 3. The first-order chi connectivity index (χ1) is 9.97. The van der Waals surface area contributed by atoms with Crippen molar-refractivity contribution >= 4 is 23.1 Å². The van der Waals surface area contributed by atoms with Gasteiger partial charge < -0.3 is 16.2 Å². The number of carbonyl (C=O) groups is 1. The van der Waals surface area contributed by atoms with Gasteiger partial charge in [-0.05, 0) is 36.2 Å². The Labute approximate surface area is 128 Å². The van der Waals surface area contributed by atoms with Crippen LogP contribution >= 0.6 is 12.2 Å². The van der Waals surface area contributed by atoms with Crippen LogP contribution in [0.5, 0.6) is 5.75 Å². The van der Waals surface area contributed by atoms with Crippen molar-refractivity contribution in [1.82, 2.24) is 5.32 Å². The molecule has 2 aromatic carbocycles. The van der Waals surface area contributed by atoms with E-state index in [1.165, 1.54) is 6.07 Å². The third-order valence-corrected chi connectivity index (χ3v) is 3.38. The van der Waals surface area contributed by atoms with Gasteiger partial charge in [0, 0.05) is 17.7 Å². The highest BCUT2D eigenvalue weighted by atomic mass is 32.1.